The van der Waals surface area contributed by atoms with Gasteiger partial charge in [0.05, 0.1) is 4.92 Å². The molecule has 19 heavy (non-hydrogen) atoms. The first kappa shape index (κ1) is 15.4. The zero-order valence-corrected chi connectivity index (χ0v) is 11.8. The minimum Gasteiger partial charge on any atom is -0.364 e. The molecule has 1 heterocycles. The number of nitrogens with zero attached hydrogens (tertiary/aromatic N) is 3. The van der Waals surface area contributed by atoms with E-state index in [-0.39, 0.29) is 5.69 Å². The van der Waals surface area contributed by atoms with Crippen LogP contribution in [0.5, 0.6) is 0 Å². The topological polar surface area (TPSA) is 71.3 Å². The van der Waals surface area contributed by atoms with Crippen molar-refractivity contribution in [1.82, 2.24) is 9.88 Å². The maximum absolute atomic E-state index is 10.9. The lowest BCUT2D eigenvalue weighted by molar-refractivity contribution is -0.384. The van der Waals surface area contributed by atoms with Crippen molar-refractivity contribution in [1.29, 1.82) is 0 Å². The predicted molar refractivity (Wildman–Crippen MR) is 76.5 cm³/mol. The molecule has 0 aliphatic rings. The van der Waals surface area contributed by atoms with Gasteiger partial charge in [0.25, 0.3) is 0 Å². The highest BCUT2D eigenvalue weighted by molar-refractivity contribution is 5.56. The van der Waals surface area contributed by atoms with E-state index in [0.717, 1.165) is 31.6 Å². The molecule has 0 saturated carbocycles. The highest BCUT2D eigenvalue weighted by Crippen LogP contribution is 2.22. The summed E-state index contributed by atoms with van der Waals surface area (Å²) in [5, 5.41) is 14.0. The van der Waals surface area contributed by atoms with Gasteiger partial charge in [-0.25, -0.2) is 4.98 Å². The van der Waals surface area contributed by atoms with E-state index in [4.69, 9.17) is 0 Å². The largest absolute Gasteiger partial charge is 0.364 e. The van der Waals surface area contributed by atoms with Crippen LogP contribution in [0.25, 0.3) is 0 Å². The first-order valence-electron chi connectivity index (χ1n) is 6.65. The average Bonchev–Trinajstić information content (AvgIpc) is 2.40. The second-order valence-electron chi connectivity index (χ2n) is 4.44. The van der Waals surface area contributed by atoms with Crippen LogP contribution in [0.4, 0.5) is 11.5 Å². The van der Waals surface area contributed by atoms with E-state index in [0.29, 0.717) is 12.4 Å². The molecule has 0 fully saturated rings. The number of aromatic nitrogens is 1. The highest BCUT2D eigenvalue weighted by Gasteiger charge is 2.14. The third-order valence-electron chi connectivity index (χ3n) is 3.04. The second-order valence-corrected chi connectivity index (χ2v) is 4.44. The van der Waals surface area contributed by atoms with Crippen LogP contribution in [0.15, 0.2) is 12.3 Å². The standard InChI is InChI=1S/C13H22N4O2/c1-4-16(5-2)8-6-7-14-13-12(17(18)19)9-11(3)10-15-13/h9-10H,4-8H2,1-3H3,(H,14,15). The molecule has 0 atom stereocenters. The summed E-state index contributed by atoms with van der Waals surface area (Å²) in [4.78, 5) is 16.9. The summed E-state index contributed by atoms with van der Waals surface area (Å²) in [7, 11) is 0. The molecule has 106 valence electrons. The smallest absolute Gasteiger partial charge is 0.311 e. The van der Waals surface area contributed by atoms with Gasteiger partial charge in [-0.15, -0.1) is 0 Å². The monoisotopic (exact) mass is 266 g/mol. The number of nitrogens with one attached hydrogen (secondary N) is 1. The van der Waals surface area contributed by atoms with Crippen molar-refractivity contribution < 1.29 is 4.92 Å². The van der Waals surface area contributed by atoms with Crippen LogP contribution >= 0.6 is 0 Å². The van der Waals surface area contributed by atoms with Crippen molar-refractivity contribution >= 4 is 11.5 Å². The first-order valence-corrected chi connectivity index (χ1v) is 6.65. The molecule has 0 amide bonds. The van der Waals surface area contributed by atoms with Gasteiger partial charge < -0.3 is 10.2 Å². The maximum Gasteiger partial charge on any atom is 0.311 e. The van der Waals surface area contributed by atoms with Crippen molar-refractivity contribution in [3.63, 3.8) is 0 Å². The Labute approximate surface area is 114 Å². The van der Waals surface area contributed by atoms with Gasteiger partial charge in [-0.3, -0.25) is 10.1 Å². The molecule has 0 radical (unpaired) electrons. The van der Waals surface area contributed by atoms with Crippen molar-refractivity contribution in [2.24, 2.45) is 0 Å². The maximum atomic E-state index is 10.9. The third-order valence-corrected chi connectivity index (χ3v) is 3.04. The molecule has 0 spiro atoms. The molecule has 6 nitrogen and oxygen atoms in total. The summed E-state index contributed by atoms with van der Waals surface area (Å²) in [6, 6.07) is 1.54. The Morgan fingerprint density at radius 1 is 1.42 bits per heavy atom. The number of nitro groups is 1. The zero-order valence-electron chi connectivity index (χ0n) is 11.8. The van der Waals surface area contributed by atoms with E-state index in [2.05, 4.69) is 29.0 Å². The summed E-state index contributed by atoms with van der Waals surface area (Å²) >= 11 is 0. The van der Waals surface area contributed by atoms with E-state index in [1.807, 2.05) is 0 Å². The molecule has 0 aromatic carbocycles. The number of anilines is 1. The van der Waals surface area contributed by atoms with Gasteiger partial charge in [-0.05, 0) is 38.5 Å². The molecule has 6 heteroatoms. The number of pyridine rings is 1. The molecule has 0 unspecified atom stereocenters. The van der Waals surface area contributed by atoms with Gasteiger partial charge in [0.15, 0.2) is 0 Å². The minimum atomic E-state index is -0.396. The first-order chi connectivity index (χ1) is 9.08. The summed E-state index contributed by atoms with van der Waals surface area (Å²) in [5.41, 5.74) is 0.836. The Hall–Kier alpha value is -1.69. The van der Waals surface area contributed by atoms with Crippen LogP contribution in [0, 0.1) is 17.0 Å². The lowest BCUT2D eigenvalue weighted by Crippen LogP contribution is -2.25. The van der Waals surface area contributed by atoms with Gasteiger partial charge in [-0.2, -0.15) is 0 Å². The third kappa shape index (κ3) is 4.82. The SMILES string of the molecule is CCN(CC)CCCNc1ncc(C)cc1[N+](=O)[O-]. The quantitative estimate of drug-likeness (QED) is 0.444. The molecule has 1 aromatic heterocycles. The summed E-state index contributed by atoms with van der Waals surface area (Å²) in [6.45, 7) is 9.78. The summed E-state index contributed by atoms with van der Waals surface area (Å²) in [5.74, 6) is 0.357. The Kier molecular flexibility index (Phi) is 6.21. The lowest BCUT2D eigenvalue weighted by Gasteiger charge is -2.17. The summed E-state index contributed by atoms with van der Waals surface area (Å²) < 4.78 is 0. The van der Waals surface area contributed by atoms with Gasteiger partial charge >= 0.3 is 5.69 Å². The van der Waals surface area contributed by atoms with Crippen molar-refractivity contribution in [2.75, 3.05) is 31.5 Å². The van der Waals surface area contributed by atoms with E-state index < -0.39 is 4.92 Å². The van der Waals surface area contributed by atoms with E-state index in [1.54, 1.807) is 19.2 Å². The van der Waals surface area contributed by atoms with Crippen LogP contribution in [0.1, 0.15) is 25.8 Å². The molecular weight excluding hydrogens is 244 g/mol. The number of aryl methyl sites for hydroxylation is 1. The Balaban J connectivity index is 2.51. The lowest BCUT2D eigenvalue weighted by atomic mass is 10.3. The number of rotatable bonds is 8. The fourth-order valence-electron chi connectivity index (χ4n) is 1.88. The zero-order chi connectivity index (χ0) is 14.3. The highest BCUT2D eigenvalue weighted by atomic mass is 16.6. The van der Waals surface area contributed by atoms with Crippen LogP contribution < -0.4 is 5.32 Å². The number of hydrogen-bond acceptors (Lipinski definition) is 5. The van der Waals surface area contributed by atoms with Crippen LogP contribution in [0.3, 0.4) is 0 Å². The van der Waals surface area contributed by atoms with E-state index in [1.165, 1.54) is 0 Å². The van der Waals surface area contributed by atoms with Crippen molar-refractivity contribution in [2.45, 2.75) is 27.2 Å². The normalized spacial score (nSPS) is 10.7. The van der Waals surface area contributed by atoms with Crippen LogP contribution in [0.2, 0.25) is 0 Å². The number of hydrogen-bond donors (Lipinski definition) is 1. The molecule has 1 rings (SSSR count). The molecular formula is C13H22N4O2. The van der Waals surface area contributed by atoms with Crippen LogP contribution in [-0.2, 0) is 0 Å². The van der Waals surface area contributed by atoms with Crippen molar-refractivity contribution in [3.8, 4) is 0 Å². The molecule has 0 saturated heterocycles. The van der Waals surface area contributed by atoms with Gasteiger partial charge in [0.2, 0.25) is 5.82 Å². The molecule has 0 aliphatic heterocycles. The average molecular weight is 266 g/mol. The molecule has 1 aromatic rings. The molecule has 1 N–H and O–H groups in total. The minimum absolute atomic E-state index is 0.0443. The Bertz CT molecular complexity index is 419. The molecule has 0 bridgehead atoms. The van der Waals surface area contributed by atoms with Gasteiger partial charge in [0.1, 0.15) is 0 Å². The Morgan fingerprint density at radius 3 is 2.68 bits per heavy atom. The Morgan fingerprint density at radius 2 is 2.11 bits per heavy atom. The fraction of sp³-hybridized carbons (Fsp3) is 0.615. The fourth-order valence-corrected chi connectivity index (χ4v) is 1.88. The molecule has 0 aliphatic carbocycles. The predicted octanol–water partition coefficient (Wildman–Crippen LogP) is 2.44. The van der Waals surface area contributed by atoms with Gasteiger partial charge in [-0.1, -0.05) is 13.8 Å². The van der Waals surface area contributed by atoms with Crippen LogP contribution in [-0.4, -0.2) is 41.0 Å². The van der Waals surface area contributed by atoms with E-state index >= 15 is 0 Å². The second kappa shape index (κ2) is 7.68. The van der Waals surface area contributed by atoms with Gasteiger partial charge in [0, 0.05) is 18.8 Å². The van der Waals surface area contributed by atoms with Crippen molar-refractivity contribution in [3.05, 3.63) is 27.9 Å². The summed E-state index contributed by atoms with van der Waals surface area (Å²) in [6.07, 6.45) is 2.58. The van der Waals surface area contributed by atoms with E-state index in [9.17, 15) is 10.1 Å².